The summed E-state index contributed by atoms with van der Waals surface area (Å²) in [7, 11) is 2.87. The standard InChI is InChI=1S/C48H84O4S8/c1-5-7-9-11-13-15-17-19-21-23-25-27-29-31-33-35-37-53-43-44(54-38-36-34-32-30-28-26-24-22-20-18-16-14-12-10-8-6-2)58-47(57-43)48-59-45(55-39-41(49)51-3)46(60-48)56-40-42(50)52-4/h5-40H2,1-4H3. The van der Waals surface area contributed by atoms with E-state index in [1.807, 2.05) is 23.5 Å². The third-order valence-corrected chi connectivity index (χ3v) is 22.5. The Labute approximate surface area is 403 Å². The van der Waals surface area contributed by atoms with Crippen LogP contribution >= 0.6 is 94.1 Å². The Kier molecular flexibility index (Phi) is 39.4. The van der Waals surface area contributed by atoms with Crippen LogP contribution in [-0.2, 0) is 19.1 Å². The molecule has 0 fully saturated rings. The van der Waals surface area contributed by atoms with Crippen molar-refractivity contribution in [2.24, 2.45) is 0 Å². The molecule has 0 saturated carbocycles. The number of hydrogen-bond donors (Lipinski definition) is 0. The van der Waals surface area contributed by atoms with Gasteiger partial charge in [-0.15, -0.1) is 47.0 Å². The molecule has 0 unspecified atom stereocenters. The van der Waals surface area contributed by atoms with Crippen LogP contribution in [0.5, 0.6) is 0 Å². The third-order valence-electron chi connectivity index (χ3n) is 10.8. The number of thioether (sulfide) groups is 8. The maximum Gasteiger partial charge on any atom is 0.316 e. The summed E-state index contributed by atoms with van der Waals surface area (Å²) in [5.41, 5.74) is 0. The molecule has 2 aliphatic heterocycles. The zero-order chi connectivity index (χ0) is 43.1. The van der Waals surface area contributed by atoms with E-state index in [1.165, 1.54) is 272 Å². The van der Waals surface area contributed by atoms with Gasteiger partial charge in [-0.3, -0.25) is 9.59 Å². The minimum absolute atomic E-state index is 0.233. The molecule has 0 aliphatic carbocycles. The minimum Gasteiger partial charge on any atom is -0.468 e. The molecule has 2 aliphatic rings. The first-order valence-electron chi connectivity index (χ1n) is 24.1. The second-order valence-electron chi connectivity index (χ2n) is 16.2. The first-order valence-corrected chi connectivity index (χ1v) is 31.3. The molecule has 2 rings (SSSR count). The Morgan fingerprint density at radius 3 is 0.800 bits per heavy atom. The van der Waals surface area contributed by atoms with Crippen molar-refractivity contribution >= 4 is 106 Å². The average Bonchev–Trinajstić information content (AvgIpc) is 3.87. The quantitative estimate of drug-likeness (QED) is 0.0432. The van der Waals surface area contributed by atoms with Gasteiger partial charge < -0.3 is 9.47 Å². The molecule has 0 amide bonds. The normalized spacial score (nSPS) is 14.3. The number of carbonyl (C=O) groups excluding carboxylic acids is 2. The van der Waals surface area contributed by atoms with Crippen LogP contribution in [0, 0.1) is 0 Å². The van der Waals surface area contributed by atoms with E-state index in [-0.39, 0.29) is 23.4 Å². The molecule has 0 aromatic heterocycles. The van der Waals surface area contributed by atoms with Crippen LogP contribution in [0.4, 0.5) is 0 Å². The zero-order valence-corrected chi connectivity index (χ0v) is 44.9. The fourth-order valence-electron chi connectivity index (χ4n) is 7.06. The van der Waals surface area contributed by atoms with E-state index in [9.17, 15) is 9.59 Å². The van der Waals surface area contributed by atoms with Crippen molar-refractivity contribution in [3.8, 4) is 0 Å². The molecule has 0 spiro atoms. The molecule has 60 heavy (non-hydrogen) atoms. The smallest absolute Gasteiger partial charge is 0.316 e. The van der Waals surface area contributed by atoms with E-state index >= 15 is 0 Å². The lowest BCUT2D eigenvalue weighted by atomic mass is 10.0. The van der Waals surface area contributed by atoms with Crippen molar-refractivity contribution < 1.29 is 19.1 Å². The molecule has 0 aromatic rings. The van der Waals surface area contributed by atoms with Crippen molar-refractivity contribution in [3.05, 3.63) is 25.4 Å². The van der Waals surface area contributed by atoms with E-state index in [2.05, 4.69) is 37.4 Å². The van der Waals surface area contributed by atoms with E-state index in [0.29, 0.717) is 0 Å². The van der Waals surface area contributed by atoms with Crippen LogP contribution in [-0.4, -0.2) is 49.2 Å². The second-order valence-corrected chi connectivity index (χ2v) is 26.0. The van der Waals surface area contributed by atoms with E-state index < -0.39 is 0 Å². The van der Waals surface area contributed by atoms with E-state index in [0.717, 1.165) is 8.47 Å². The summed E-state index contributed by atoms with van der Waals surface area (Å²) in [4.78, 5) is 24.0. The summed E-state index contributed by atoms with van der Waals surface area (Å²) in [6.45, 7) is 4.60. The topological polar surface area (TPSA) is 52.6 Å². The predicted molar refractivity (Wildman–Crippen MR) is 284 cm³/mol. The summed E-state index contributed by atoms with van der Waals surface area (Å²) in [6, 6.07) is 0. The van der Waals surface area contributed by atoms with Crippen molar-refractivity contribution in [3.63, 3.8) is 0 Å². The molecule has 4 nitrogen and oxygen atoms in total. The molecule has 348 valence electrons. The summed E-state index contributed by atoms with van der Waals surface area (Å²) in [5, 5.41) is 0. The Balaban J connectivity index is 1.74. The largest absolute Gasteiger partial charge is 0.468 e. The van der Waals surface area contributed by atoms with Gasteiger partial charge in [-0.25, -0.2) is 0 Å². The maximum atomic E-state index is 12.0. The molecule has 2 heterocycles. The van der Waals surface area contributed by atoms with Gasteiger partial charge in [0.1, 0.15) is 0 Å². The first-order chi connectivity index (χ1) is 29.5. The van der Waals surface area contributed by atoms with E-state index in [4.69, 9.17) is 9.47 Å². The van der Waals surface area contributed by atoms with Gasteiger partial charge >= 0.3 is 11.9 Å². The highest BCUT2D eigenvalue weighted by molar-refractivity contribution is 8.45. The highest BCUT2D eigenvalue weighted by atomic mass is 32.3. The zero-order valence-electron chi connectivity index (χ0n) is 38.4. The van der Waals surface area contributed by atoms with E-state index in [1.54, 1.807) is 23.5 Å². The number of ether oxygens (including phenoxy) is 2. The van der Waals surface area contributed by atoms with Crippen molar-refractivity contribution in [1.29, 1.82) is 0 Å². The van der Waals surface area contributed by atoms with Gasteiger partial charge in [0, 0.05) is 0 Å². The van der Waals surface area contributed by atoms with Gasteiger partial charge in [0.2, 0.25) is 0 Å². The van der Waals surface area contributed by atoms with Crippen molar-refractivity contribution in [2.75, 3.05) is 37.2 Å². The number of unbranched alkanes of at least 4 members (excludes halogenated alkanes) is 30. The molecule has 0 aromatic carbocycles. The second kappa shape index (κ2) is 41.4. The van der Waals surface area contributed by atoms with Crippen molar-refractivity contribution in [1.82, 2.24) is 0 Å². The molecule has 0 N–H and O–H groups in total. The number of hydrogen-bond acceptors (Lipinski definition) is 12. The molecular formula is C48H84O4S8. The Morgan fingerprint density at radius 1 is 0.350 bits per heavy atom. The Bertz CT molecular complexity index is 1120. The number of carbonyl (C=O) groups is 2. The Morgan fingerprint density at radius 2 is 0.567 bits per heavy atom. The highest BCUT2D eigenvalue weighted by Gasteiger charge is 2.31. The monoisotopic (exact) mass is 980 g/mol. The summed E-state index contributed by atoms with van der Waals surface area (Å²) in [6.07, 6.45) is 44.9. The van der Waals surface area contributed by atoms with Crippen LogP contribution < -0.4 is 0 Å². The molecule has 0 bridgehead atoms. The molecule has 0 saturated heterocycles. The van der Waals surface area contributed by atoms with Gasteiger partial charge in [-0.1, -0.05) is 254 Å². The summed E-state index contributed by atoms with van der Waals surface area (Å²) >= 11 is 14.6. The third kappa shape index (κ3) is 30.2. The lowest BCUT2D eigenvalue weighted by Crippen LogP contribution is -2.03. The number of methoxy groups -OCH3 is 2. The van der Waals surface area contributed by atoms with Crippen molar-refractivity contribution in [2.45, 2.75) is 219 Å². The average molecular weight is 982 g/mol. The lowest BCUT2D eigenvalue weighted by Gasteiger charge is -2.06. The van der Waals surface area contributed by atoms with Crippen LogP contribution in [0.15, 0.2) is 25.4 Å². The van der Waals surface area contributed by atoms with Crippen LogP contribution in [0.3, 0.4) is 0 Å². The summed E-state index contributed by atoms with van der Waals surface area (Å²) < 4.78 is 17.6. The SMILES string of the molecule is CCCCCCCCCCCCCCCCCCSC1=C(SCCCCCCCCCCCCCCCCCC)SC(=C2SC(SCC(=O)OC)=C(SCC(=O)OC)S2)S1. The lowest BCUT2D eigenvalue weighted by molar-refractivity contribution is -0.138. The van der Waals surface area contributed by atoms with Gasteiger partial charge in [0.05, 0.1) is 51.1 Å². The maximum absolute atomic E-state index is 12.0. The highest BCUT2D eigenvalue weighted by Crippen LogP contribution is 2.66. The van der Waals surface area contributed by atoms with Crippen LogP contribution in [0.2, 0.25) is 0 Å². The minimum atomic E-state index is -0.233. The molecule has 0 atom stereocenters. The molecular weight excluding hydrogens is 897 g/mol. The predicted octanol–water partition coefficient (Wildman–Crippen LogP) is 19.1. The molecule has 0 radical (unpaired) electrons. The summed E-state index contributed by atoms with van der Waals surface area (Å²) in [5.74, 6) is 2.44. The fraction of sp³-hybridized carbons (Fsp3) is 0.833. The number of esters is 2. The van der Waals surface area contributed by atoms with Gasteiger partial charge in [-0.2, -0.15) is 0 Å². The van der Waals surface area contributed by atoms with Gasteiger partial charge in [0.15, 0.2) is 0 Å². The van der Waals surface area contributed by atoms with Crippen LogP contribution in [0.25, 0.3) is 0 Å². The molecule has 12 heteroatoms. The first kappa shape index (κ1) is 57.1. The Hall–Kier alpha value is 0.960. The van der Waals surface area contributed by atoms with Gasteiger partial charge in [-0.05, 0) is 24.3 Å². The van der Waals surface area contributed by atoms with Gasteiger partial charge in [0.25, 0.3) is 0 Å². The number of rotatable bonds is 42. The fourth-order valence-corrected chi connectivity index (χ4v) is 18.9. The van der Waals surface area contributed by atoms with Crippen LogP contribution in [0.1, 0.15) is 219 Å².